The number of benzene rings is 1. The van der Waals surface area contributed by atoms with E-state index in [1.54, 1.807) is 4.57 Å². The zero-order valence-electron chi connectivity index (χ0n) is 10.9. The molecule has 108 valence electrons. The molecule has 20 heavy (non-hydrogen) atoms. The second-order valence-corrected chi connectivity index (χ2v) is 4.89. The molecule has 7 heteroatoms. The highest BCUT2D eigenvalue weighted by atomic mass is 19.4. The molecule has 1 heterocycles. The highest BCUT2D eigenvalue weighted by Crippen LogP contribution is 2.33. The zero-order valence-corrected chi connectivity index (χ0v) is 10.9. The first-order valence-corrected chi connectivity index (χ1v) is 6.04. The molecule has 0 spiro atoms. The van der Waals surface area contributed by atoms with Gasteiger partial charge in [-0.15, -0.1) is 10.2 Å². The van der Waals surface area contributed by atoms with Crippen molar-refractivity contribution in [3.8, 4) is 11.4 Å². The maximum absolute atomic E-state index is 13.3. The second kappa shape index (κ2) is 5.22. The quantitative estimate of drug-likeness (QED) is 0.805. The topological polar surface area (TPSA) is 30.7 Å². The van der Waals surface area contributed by atoms with Crippen molar-refractivity contribution < 1.29 is 17.6 Å². The molecule has 2 aromatic rings. The van der Waals surface area contributed by atoms with Gasteiger partial charge in [-0.1, -0.05) is 13.8 Å². The Morgan fingerprint density at radius 1 is 1.25 bits per heavy atom. The van der Waals surface area contributed by atoms with E-state index in [2.05, 4.69) is 10.2 Å². The molecule has 3 nitrogen and oxygen atoms in total. The van der Waals surface area contributed by atoms with E-state index >= 15 is 0 Å². The maximum Gasteiger partial charge on any atom is 0.419 e. The van der Waals surface area contributed by atoms with Gasteiger partial charge in [0.25, 0.3) is 0 Å². The lowest BCUT2D eigenvalue weighted by molar-refractivity contribution is -0.139. The summed E-state index contributed by atoms with van der Waals surface area (Å²) in [5.74, 6) is -0.715. The number of halogens is 4. The Hall–Kier alpha value is -1.92. The van der Waals surface area contributed by atoms with Crippen molar-refractivity contribution in [1.29, 1.82) is 0 Å². The largest absolute Gasteiger partial charge is 0.419 e. The van der Waals surface area contributed by atoms with Crippen molar-refractivity contribution in [3.63, 3.8) is 0 Å². The molecule has 1 aromatic heterocycles. The van der Waals surface area contributed by atoms with Crippen LogP contribution in [0.15, 0.2) is 24.5 Å². The summed E-state index contributed by atoms with van der Waals surface area (Å²) in [5, 5.41) is 7.52. The van der Waals surface area contributed by atoms with Crippen LogP contribution in [0, 0.1) is 11.7 Å². The molecule has 0 N–H and O–H groups in total. The summed E-state index contributed by atoms with van der Waals surface area (Å²) < 4.78 is 53.0. The van der Waals surface area contributed by atoms with Gasteiger partial charge in [-0.05, 0) is 24.1 Å². The van der Waals surface area contributed by atoms with Gasteiger partial charge >= 0.3 is 6.18 Å². The van der Waals surface area contributed by atoms with Crippen LogP contribution in [-0.2, 0) is 12.7 Å². The van der Waals surface area contributed by atoms with Crippen LogP contribution in [0.25, 0.3) is 11.4 Å². The zero-order chi connectivity index (χ0) is 14.9. The standard InChI is InChI=1S/C13H13F4N3/c1-8(2)6-20-7-18-19-12(20)9-3-4-11(14)10(5-9)13(15,16)17/h3-5,7-8H,6H2,1-2H3. The third-order valence-electron chi connectivity index (χ3n) is 2.71. The highest BCUT2D eigenvalue weighted by Gasteiger charge is 2.34. The van der Waals surface area contributed by atoms with E-state index in [0.717, 1.165) is 12.1 Å². The van der Waals surface area contributed by atoms with Crippen molar-refractivity contribution in [2.45, 2.75) is 26.6 Å². The Balaban J connectivity index is 2.47. The molecule has 0 atom stereocenters. The predicted octanol–water partition coefficient (Wildman–Crippen LogP) is 3.76. The summed E-state index contributed by atoms with van der Waals surface area (Å²) in [6, 6.07) is 2.83. The Morgan fingerprint density at radius 3 is 2.55 bits per heavy atom. The van der Waals surface area contributed by atoms with Crippen LogP contribution in [0.2, 0.25) is 0 Å². The Labute approximate surface area is 113 Å². The summed E-state index contributed by atoms with van der Waals surface area (Å²) >= 11 is 0. The first-order valence-electron chi connectivity index (χ1n) is 6.04. The lowest BCUT2D eigenvalue weighted by Crippen LogP contribution is -2.09. The number of hydrogen-bond acceptors (Lipinski definition) is 2. The number of hydrogen-bond donors (Lipinski definition) is 0. The Morgan fingerprint density at radius 2 is 1.95 bits per heavy atom. The van der Waals surface area contributed by atoms with Crippen LogP contribution < -0.4 is 0 Å². The molecule has 2 rings (SSSR count). The molecule has 0 aliphatic heterocycles. The third-order valence-corrected chi connectivity index (χ3v) is 2.71. The van der Waals surface area contributed by atoms with Gasteiger partial charge in [-0.3, -0.25) is 0 Å². The SMILES string of the molecule is CC(C)Cn1cnnc1-c1ccc(F)c(C(F)(F)F)c1. The van der Waals surface area contributed by atoms with Crippen LogP contribution >= 0.6 is 0 Å². The van der Waals surface area contributed by atoms with Gasteiger partial charge < -0.3 is 4.57 Å². The molecule has 0 amide bonds. The predicted molar refractivity (Wildman–Crippen MR) is 65.3 cm³/mol. The van der Waals surface area contributed by atoms with Crippen molar-refractivity contribution in [2.75, 3.05) is 0 Å². The van der Waals surface area contributed by atoms with Crippen molar-refractivity contribution in [3.05, 3.63) is 35.9 Å². The van der Waals surface area contributed by atoms with Gasteiger partial charge in [0.2, 0.25) is 0 Å². The van der Waals surface area contributed by atoms with E-state index in [9.17, 15) is 17.6 Å². The Bertz CT molecular complexity index is 602. The summed E-state index contributed by atoms with van der Waals surface area (Å²) in [7, 11) is 0. The fourth-order valence-electron chi connectivity index (χ4n) is 1.89. The highest BCUT2D eigenvalue weighted by molar-refractivity contribution is 5.56. The molecule has 1 aromatic carbocycles. The summed E-state index contributed by atoms with van der Waals surface area (Å²) in [4.78, 5) is 0. The molecule has 0 bridgehead atoms. The third kappa shape index (κ3) is 2.97. The monoisotopic (exact) mass is 287 g/mol. The van der Waals surface area contributed by atoms with E-state index in [-0.39, 0.29) is 11.5 Å². The van der Waals surface area contributed by atoms with Gasteiger partial charge in [-0.2, -0.15) is 13.2 Å². The van der Waals surface area contributed by atoms with Crippen molar-refractivity contribution in [2.24, 2.45) is 5.92 Å². The van der Waals surface area contributed by atoms with Gasteiger partial charge in [0.1, 0.15) is 12.1 Å². The number of alkyl halides is 3. The van der Waals surface area contributed by atoms with Crippen LogP contribution in [0.1, 0.15) is 19.4 Å². The maximum atomic E-state index is 13.3. The van der Waals surface area contributed by atoms with Crippen molar-refractivity contribution in [1.82, 2.24) is 14.8 Å². The summed E-state index contributed by atoms with van der Waals surface area (Å²) in [6.45, 7) is 4.51. The Kier molecular flexibility index (Phi) is 3.78. The molecule has 0 unspecified atom stereocenters. The minimum Gasteiger partial charge on any atom is -0.313 e. The number of nitrogens with zero attached hydrogens (tertiary/aromatic N) is 3. The minimum absolute atomic E-state index is 0.192. The first-order chi connectivity index (χ1) is 9.29. The van der Waals surface area contributed by atoms with E-state index in [0.29, 0.717) is 12.4 Å². The van der Waals surface area contributed by atoms with Crippen LogP contribution in [0.4, 0.5) is 17.6 Å². The molecular formula is C13H13F4N3. The van der Waals surface area contributed by atoms with Gasteiger partial charge in [0, 0.05) is 12.1 Å². The van der Waals surface area contributed by atoms with Crippen LogP contribution in [0.5, 0.6) is 0 Å². The van der Waals surface area contributed by atoms with E-state index < -0.39 is 17.6 Å². The van der Waals surface area contributed by atoms with Crippen LogP contribution in [0.3, 0.4) is 0 Å². The molecule has 0 saturated carbocycles. The fraction of sp³-hybridized carbons (Fsp3) is 0.385. The van der Waals surface area contributed by atoms with Gasteiger partial charge in [-0.25, -0.2) is 4.39 Å². The first kappa shape index (κ1) is 14.5. The number of rotatable bonds is 3. The average molecular weight is 287 g/mol. The second-order valence-electron chi connectivity index (χ2n) is 4.89. The van der Waals surface area contributed by atoms with E-state index in [4.69, 9.17) is 0 Å². The lowest BCUT2D eigenvalue weighted by atomic mass is 10.1. The van der Waals surface area contributed by atoms with E-state index in [1.807, 2.05) is 13.8 Å². The normalized spacial score (nSPS) is 12.2. The molecule has 0 radical (unpaired) electrons. The lowest BCUT2D eigenvalue weighted by Gasteiger charge is -2.12. The molecular weight excluding hydrogens is 274 g/mol. The summed E-state index contributed by atoms with van der Waals surface area (Å²) in [5.41, 5.74) is -1.11. The minimum atomic E-state index is -4.73. The average Bonchev–Trinajstić information content (AvgIpc) is 2.75. The molecule has 0 saturated heterocycles. The van der Waals surface area contributed by atoms with Gasteiger partial charge in [0.05, 0.1) is 5.56 Å². The molecule has 0 fully saturated rings. The smallest absolute Gasteiger partial charge is 0.313 e. The molecule has 0 aliphatic carbocycles. The molecule has 0 aliphatic rings. The number of aromatic nitrogens is 3. The van der Waals surface area contributed by atoms with Gasteiger partial charge in [0.15, 0.2) is 5.82 Å². The fourth-order valence-corrected chi connectivity index (χ4v) is 1.89. The summed E-state index contributed by atoms with van der Waals surface area (Å²) in [6.07, 6.45) is -3.28. The van der Waals surface area contributed by atoms with E-state index in [1.165, 1.54) is 12.4 Å². The van der Waals surface area contributed by atoms with Crippen LogP contribution in [-0.4, -0.2) is 14.8 Å². The van der Waals surface area contributed by atoms with Crippen molar-refractivity contribution >= 4 is 0 Å².